The Kier molecular flexibility index (Phi) is 4.18. The van der Waals surface area contributed by atoms with Crippen molar-refractivity contribution in [3.8, 4) is 0 Å². The number of hydrogen-bond acceptors (Lipinski definition) is 0. The van der Waals surface area contributed by atoms with Crippen LogP contribution in [-0.2, 0) is 0 Å². The molecular formula is C6H13Cl2Si. The molecular weight excluding hydrogens is 171 g/mol. The molecule has 0 saturated heterocycles. The van der Waals surface area contributed by atoms with Crippen LogP contribution in [0.25, 0.3) is 0 Å². The molecule has 0 aromatic rings. The lowest BCUT2D eigenvalue weighted by molar-refractivity contribution is 0.397. The quantitative estimate of drug-likeness (QED) is 0.466. The van der Waals surface area contributed by atoms with Gasteiger partial charge in [0.1, 0.15) is 0 Å². The molecule has 0 rings (SSSR count). The summed E-state index contributed by atoms with van der Waals surface area (Å²) in [6.45, 7) is 6.56. The summed E-state index contributed by atoms with van der Waals surface area (Å²) in [5.74, 6) is 0. The molecule has 0 saturated carbocycles. The van der Waals surface area contributed by atoms with E-state index in [-0.39, 0.29) is 0 Å². The fraction of sp³-hybridized carbons (Fsp3) is 1.00. The molecule has 0 spiro atoms. The molecule has 9 heavy (non-hydrogen) atoms. The van der Waals surface area contributed by atoms with Gasteiger partial charge in [0.15, 0.2) is 0 Å². The summed E-state index contributed by atoms with van der Waals surface area (Å²) in [7, 11) is -1.06. The van der Waals surface area contributed by atoms with Gasteiger partial charge in [-0.05, 0) is 11.5 Å². The molecule has 0 amide bonds. The van der Waals surface area contributed by atoms with Crippen LogP contribution in [-0.4, -0.2) is 7.42 Å². The summed E-state index contributed by atoms with van der Waals surface area (Å²) in [6, 6.07) is 0.983. The highest BCUT2D eigenvalue weighted by atomic mass is 35.7. The van der Waals surface area contributed by atoms with Crippen molar-refractivity contribution in [3.63, 3.8) is 0 Å². The lowest BCUT2D eigenvalue weighted by Crippen LogP contribution is -2.13. The van der Waals surface area contributed by atoms with Gasteiger partial charge in [-0.25, -0.2) is 0 Å². The lowest BCUT2D eigenvalue weighted by atomic mass is 9.93. The average molecular weight is 184 g/mol. The monoisotopic (exact) mass is 183 g/mol. The summed E-state index contributed by atoms with van der Waals surface area (Å²) in [5.41, 5.74) is 0.345. The van der Waals surface area contributed by atoms with Crippen molar-refractivity contribution in [3.05, 3.63) is 0 Å². The Morgan fingerprint density at radius 2 is 1.78 bits per heavy atom. The smallest absolute Gasteiger partial charge is 0.147 e. The van der Waals surface area contributed by atoms with Crippen molar-refractivity contribution in [1.29, 1.82) is 0 Å². The molecule has 3 heteroatoms. The van der Waals surface area contributed by atoms with Gasteiger partial charge in [0, 0.05) is 0 Å². The van der Waals surface area contributed by atoms with Crippen molar-refractivity contribution in [2.75, 3.05) is 0 Å². The Labute approximate surface area is 68.6 Å². The first-order valence-electron chi connectivity index (χ1n) is 3.15. The van der Waals surface area contributed by atoms with Crippen LogP contribution in [0.2, 0.25) is 6.04 Å². The first-order valence-corrected chi connectivity index (χ1v) is 6.88. The molecule has 0 aromatic carbocycles. The minimum absolute atomic E-state index is 0.345. The zero-order valence-corrected chi connectivity index (χ0v) is 8.68. The summed E-state index contributed by atoms with van der Waals surface area (Å²) in [6.07, 6.45) is 1.15. The van der Waals surface area contributed by atoms with E-state index < -0.39 is 7.42 Å². The van der Waals surface area contributed by atoms with E-state index in [1.807, 2.05) is 0 Å². The highest BCUT2D eigenvalue weighted by Gasteiger charge is 2.20. The van der Waals surface area contributed by atoms with E-state index in [1.165, 1.54) is 0 Å². The third-order valence-electron chi connectivity index (χ3n) is 1.57. The van der Waals surface area contributed by atoms with Crippen molar-refractivity contribution in [1.82, 2.24) is 0 Å². The Hall–Kier alpha value is 0.797. The lowest BCUT2D eigenvalue weighted by Gasteiger charge is -2.21. The SMILES string of the molecule is CCC(C)(C)C[Si](Cl)Cl. The van der Waals surface area contributed by atoms with Crippen LogP contribution in [0.5, 0.6) is 0 Å². The molecule has 0 aliphatic heterocycles. The molecule has 55 valence electrons. The van der Waals surface area contributed by atoms with E-state index in [1.54, 1.807) is 0 Å². The maximum Gasteiger partial charge on any atom is 0.274 e. The van der Waals surface area contributed by atoms with E-state index in [0.29, 0.717) is 5.41 Å². The van der Waals surface area contributed by atoms with Crippen LogP contribution >= 0.6 is 22.2 Å². The van der Waals surface area contributed by atoms with Gasteiger partial charge in [-0.3, -0.25) is 0 Å². The largest absolute Gasteiger partial charge is 0.274 e. The Morgan fingerprint density at radius 3 is 1.89 bits per heavy atom. The summed E-state index contributed by atoms with van der Waals surface area (Å²) >= 11 is 11.4. The van der Waals surface area contributed by atoms with Crippen LogP contribution in [0.1, 0.15) is 27.2 Å². The van der Waals surface area contributed by atoms with Gasteiger partial charge in [0.2, 0.25) is 0 Å². The molecule has 0 heterocycles. The molecule has 1 radical (unpaired) electrons. The summed E-state index contributed by atoms with van der Waals surface area (Å²) < 4.78 is 0. The van der Waals surface area contributed by atoms with Crippen LogP contribution in [0.4, 0.5) is 0 Å². The van der Waals surface area contributed by atoms with Gasteiger partial charge in [-0.15, -0.1) is 22.2 Å². The molecule has 0 aliphatic carbocycles. The topological polar surface area (TPSA) is 0 Å². The zero-order chi connectivity index (χ0) is 7.49. The predicted octanol–water partition coefficient (Wildman–Crippen LogP) is 3.39. The second-order valence-corrected chi connectivity index (χ2v) is 7.38. The highest BCUT2D eigenvalue weighted by Crippen LogP contribution is 2.28. The Balaban J connectivity index is 3.58. The summed E-state index contributed by atoms with van der Waals surface area (Å²) in [4.78, 5) is 0. The molecule has 0 bridgehead atoms. The maximum atomic E-state index is 5.71. The minimum Gasteiger partial charge on any atom is -0.147 e. The van der Waals surface area contributed by atoms with Gasteiger partial charge in [-0.1, -0.05) is 27.2 Å². The normalized spacial score (nSPS) is 12.7. The number of rotatable bonds is 3. The average Bonchev–Trinajstić information content (AvgIpc) is 1.63. The number of hydrogen-bond donors (Lipinski definition) is 0. The van der Waals surface area contributed by atoms with Gasteiger partial charge in [-0.2, -0.15) is 0 Å². The molecule has 0 aromatic heterocycles. The van der Waals surface area contributed by atoms with Gasteiger partial charge < -0.3 is 0 Å². The molecule has 0 nitrogen and oxygen atoms in total. The van der Waals surface area contributed by atoms with Crippen LogP contribution in [0.15, 0.2) is 0 Å². The summed E-state index contributed by atoms with van der Waals surface area (Å²) in [5, 5.41) is 0. The van der Waals surface area contributed by atoms with Crippen LogP contribution in [0, 0.1) is 5.41 Å². The minimum atomic E-state index is -1.06. The van der Waals surface area contributed by atoms with Crippen molar-refractivity contribution >= 4 is 29.6 Å². The van der Waals surface area contributed by atoms with Crippen LogP contribution < -0.4 is 0 Å². The molecule has 0 atom stereocenters. The predicted molar refractivity (Wildman–Crippen MR) is 46.3 cm³/mol. The molecule has 0 aliphatic rings. The zero-order valence-electron chi connectivity index (χ0n) is 6.17. The van der Waals surface area contributed by atoms with E-state index in [9.17, 15) is 0 Å². The Bertz CT molecular complexity index is 81.1. The van der Waals surface area contributed by atoms with Crippen molar-refractivity contribution in [2.24, 2.45) is 5.41 Å². The molecule has 0 fully saturated rings. The second kappa shape index (κ2) is 3.84. The fourth-order valence-corrected chi connectivity index (χ4v) is 3.63. The van der Waals surface area contributed by atoms with E-state index >= 15 is 0 Å². The van der Waals surface area contributed by atoms with Gasteiger partial charge in [0.05, 0.1) is 0 Å². The van der Waals surface area contributed by atoms with Gasteiger partial charge >= 0.3 is 0 Å². The third kappa shape index (κ3) is 5.25. The molecule has 0 N–H and O–H groups in total. The van der Waals surface area contributed by atoms with E-state index in [0.717, 1.165) is 12.5 Å². The first-order chi connectivity index (χ1) is 3.98. The van der Waals surface area contributed by atoms with Crippen molar-refractivity contribution in [2.45, 2.75) is 33.2 Å². The molecule has 0 unspecified atom stereocenters. The standard InChI is InChI=1S/C6H13Cl2Si/c1-4-6(2,3)5-9(7)8/h4-5H2,1-3H3. The third-order valence-corrected chi connectivity index (χ3v) is 3.60. The van der Waals surface area contributed by atoms with E-state index in [2.05, 4.69) is 20.8 Å². The maximum absolute atomic E-state index is 5.71. The first kappa shape index (κ1) is 9.80. The van der Waals surface area contributed by atoms with Crippen molar-refractivity contribution < 1.29 is 0 Å². The highest BCUT2D eigenvalue weighted by molar-refractivity contribution is 7.33. The van der Waals surface area contributed by atoms with E-state index in [4.69, 9.17) is 22.2 Å². The fourth-order valence-electron chi connectivity index (χ4n) is 0.487. The second-order valence-electron chi connectivity index (χ2n) is 3.03. The van der Waals surface area contributed by atoms with Gasteiger partial charge in [0.25, 0.3) is 7.42 Å². The van der Waals surface area contributed by atoms with Crippen LogP contribution in [0.3, 0.4) is 0 Å². The number of halogens is 2. The Morgan fingerprint density at radius 1 is 1.33 bits per heavy atom.